The van der Waals surface area contributed by atoms with Crippen LogP contribution in [0.3, 0.4) is 0 Å². The van der Waals surface area contributed by atoms with Crippen molar-refractivity contribution in [3.05, 3.63) is 57.6 Å². The minimum Gasteiger partial charge on any atom is -0.324 e. The Morgan fingerprint density at radius 2 is 1.60 bits per heavy atom. The van der Waals surface area contributed by atoms with E-state index in [0.29, 0.717) is 27.0 Å². The largest absolute Gasteiger partial charge is 0.324 e. The van der Waals surface area contributed by atoms with Gasteiger partial charge in [-0.05, 0) is 49.2 Å². The lowest BCUT2D eigenvalue weighted by Crippen LogP contribution is -2.38. The summed E-state index contributed by atoms with van der Waals surface area (Å²) in [6.07, 6.45) is 1.05. The molecule has 1 N–H and O–H groups in total. The monoisotopic (exact) mass is 400 g/mol. The van der Waals surface area contributed by atoms with E-state index in [1.54, 1.807) is 37.3 Å². The van der Waals surface area contributed by atoms with E-state index in [2.05, 4.69) is 5.32 Å². The Labute approximate surface area is 157 Å². The van der Waals surface area contributed by atoms with Crippen LogP contribution in [0.1, 0.15) is 11.1 Å². The van der Waals surface area contributed by atoms with Crippen molar-refractivity contribution in [2.75, 3.05) is 22.4 Å². The van der Waals surface area contributed by atoms with Gasteiger partial charge in [0, 0.05) is 15.7 Å². The number of amides is 1. The Kier molecular flexibility index (Phi) is 5.98. The zero-order valence-corrected chi connectivity index (χ0v) is 16.3. The minimum atomic E-state index is -3.68. The second-order valence-electron chi connectivity index (χ2n) is 5.71. The summed E-state index contributed by atoms with van der Waals surface area (Å²) in [5.41, 5.74) is 2.42. The summed E-state index contributed by atoms with van der Waals surface area (Å²) in [7, 11) is -3.68. The van der Waals surface area contributed by atoms with Crippen LogP contribution in [0.4, 0.5) is 11.4 Å². The molecule has 2 rings (SSSR count). The molecule has 0 heterocycles. The lowest BCUT2D eigenvalue weighted by Gasteiger charge is -2.24. The normalized spacial score (nSPS) is 11.2. The van der Waals surface area contributed by atoms with Gasteiger partial charge >= 0.3 is 0 Å². The number of sulfonamides is 1. The molecule has 0 aromatic heterocycles. The van der Waals surface area contributed by atoms with Gasteiger partial charge in [-0.2, -0.15) is 0 Å². The number of benzene rings is 2. The first-order valence-corrected chi connectivity index (χ1v) is 9.98. The average Bonchev–Trinajstić information content (AvgIpc) is 2.50. The van der Waals surface area contributed by atoms with Crippen molar-refractivity contribution in [1.29, 1.82) is 0 Å². The van der Waals surface area contributed by atoms with Crippen molar-refractivity contribution in [2.24, 2.45) is 0 Å². The fourth-order valence-corrected chi connectivity index (χ4v) is 3.53. The molecule has 0 aliphatic rings. The summed E-state index contributed by atoms with van der Waals surface area (Å²) in [5.74, 6) is -0.477. The highest BCUT2D eigenvalue weighted by Crippen LogP contribution is 2.26. The topological polar surface area (TPSA) is 66.5 Å². The smallest absolute Gasteiger partial charge is 0.245 e. The molecule has 2 aromatic carbocycles. The maximum Gasteiger partial charge on any atom is 0.245 e. The quantitative estimate of drug-likeness (QED) is 0.823. The van der Waals surface area contributed by atoms with Crippen LogP contribution in [0.15, 0.2) is 36.4 Å². The first kappa shape index (κ1) is 19.6. The molecule has 5 nitrogen and oxygen atoms in total. The fraction of sp³-hybridized carbons (Fsp3) is 0.235. The van der Waals surface area contributed by atoms with E-state index in [-0.39, 0.29) is 6.54 Å². The molecule has 0 fully saturated rings. The lowest BCUT2D eigenvalue weighted by molar-refractivity contribution is -0.114. The molecule has 0 aliphatic carbocycles. The molecular weight excluding hydrogens is 383 g/mol. The second kappa shape index (κ2) is 7.64. The van der Waals surface area contributed by atoms with Crippen LogP contribution in [0, 0.1) is 13.8 Å². The summed E-state index contributed by atoms with van der Waals surface area (Å²) in [5, 5.41) is 3.56. The Balaban J connectivity index is 2.30. The van der Waals surface area contributed by atoms with Gasteiger partial charge < -0.3 is 5.32 Å². The third kappa shape index (κ3) is 5.11. The van der Waals surface area contributed by atoms with Crippen LogP contribution >= 0.6 is 23.2 Å². The number of rotatable bonds is 5. The number of aryl methyl sites for hydroxylation is 2. The second-order valence-corrected chi connectivity index (χ2v) is 8.49. The molecule has 0 bridgehead atoms. The van der Waals surface area contributed by atoms with Crippen molar-refractivity contribution in [1.82, 2.24) is 0 Å². The van der Waals surface area contributed by atoms with Gasteiger partial charge in [-0.15, -0.1) is 0 Å². The molecule has 25 heavy (non-hydrogen) atoms. The zero-order chi connectivity index (χ0) is 18.8. The van der Waals surface area contributed by atoms with E-state index < -0.39 is 15.9 Å². The van der Waals surface area contributed by atoms with E-state index in [9.17, 15) is 13.2 Å². The van der Waals surface area contributed by atoms with Crippen molar-refractivity contribution in [2.45, 2.75) is 13.8 Å². The summed E-state index contributed by atoms with van der Waals surface area (Å²) in [6.45, 7) is 3.20. The van der Waals surface area contributed by atoms with Crippen molar-refractivity contribution in [3.8, 4) is 0 Å². The van der Waals surface area contributed by atoms with Gasteiger partial charge in [0.15, 0.2) is 0 Å². The minimum absolute atomic E-state index is 0.368. The highest BCUT2D eigenvalue weighted by molar-refractivity contribution is 7.92. The van der Waals surface area contributed by atoms with Crippen molar-refractivity contribution < 1.29 is 13.2 Å². The highest BCUT2D eigenvalue weighted by Gasteiger charge is 2.23. The Morgan fingerprint density at radius 1 is 1.04 bits per heavy atom. The van der Waals surface area contributed by atoms with Crippen molar-refractivity contribution in [3.63, 3.8) is 0 Å². The summed E-state index contributed by atoms with van der Waals surface area (Å²) < 4.78 is 25.4. The van der Waals surface area contributed by atoms with Crippen LogP contribution in [-0.4, -0.2) is 27.1 Å². The Bertz CT molecular complexity index is 914. The van der Waals surface area contributed by atoms with Gasteiger partial charge in [0.2, 0.25) is 15.9 Å². The first-order valence-electron chi connectivity index (χ1n) is 7.38. The Morgan fingerprint density at radius 3 is 2.20 bits per heavy atom. The predicted octanol–water partition coefficient (Wildman–Crippen LogP) is 4.01. The van der Waals surface area contributed by atoms with Crippen LogP contribution in [0.5, 0.6) is 0 Å². The van der Waals surface area contributed by atoms with Gasteiger partial charge in [0.05, 0.1) is 11.9 Å². The zero-order valence-electron chi connectivity index (χ0n) is 14.0. The van der Waals surface area contributed by atoms with Gasteiger partial charge in [0.25, 0.3) is 0 Å². The standard InChI is InChI=1S/C17H18Cl2N2O3S/c1-11-4-6-13(18)8-15(11)20-17(22)10-21(25(3,23)24)16-9-14(19)7-5-12(16)2/h4-9H,10H2,1-3H3,(H,20,22). The molecule has 0 atom stereocenters. The third-order valence-corrected chi connectivity index (χ3v) is 5.20. The summed E-state index contributed by atoms with van der Waals surface area (Å²) >= 11 is 11.9. The molecule has 0 saturated heterocycles. The van der Waals surface area contributed by atoms with Gasteiger partial charge in [-0.3, -0.25) is 9.10 Å². The number of anilines is 2. The first-order chi connectivity index (χ1) is 11.6. The summed E-state index contributed by atoms with van der Waals surface area (Å²) in [6, 6.07) is 9.99. The SMILES string of the molecule is Cc1ccc(Cl)cc1NC(=O)CN(c1cc(Cl)ccc1C)S(C)(=O)=O. The van der Waals surface area contributed by atoms with E-state index in [1.165, 1.54) is 6.07 Å². The van der Waals surface area contributed by atoms with Crippen LogP contribution < -0.4 is 9.62 Å². The number of hydrogen-bond donors (Lipinski definition) is 1. The lowest BCUT2D eigenvalue weighted by atomic mass is 10.2. The summed E-state index contributed by atoms with van der Waals surface area (Å²) in [4.78, 5) is 12.4. The highest BCUT2D eigenvalue weighted by atomic mass is 35.5. The number of hydrogen-bond acceptors (Lipinski definition) is 3. The maximum absolute atomic E-state index is 12.4. The molecule has 0 radical (unpaired) electrons. The predicted molar refractivity (Wildman–Crippen MR) is 103 cm³/mol. The molecular formula is C17H18Cl2N2O3S. The molecule has 0 spiro atoms. The number of nitrogens with zero attached hydrogens (tertiary/aromatic N) is 1. The Hall–Kier alpha value is -1.76. The van der Waals surface area contributed by atoms with Gasteiger partial charge in [-0.1, -0.05) is 35.3 Å². The van der Waals surface area contributed by atoms with E-state index in [0.717, 1.165) is 16.1 Å². The van der Waals surface area contributed by atoms with Crippen LogP contribution in [0.25, 0.3) is 0 Å². The number of nitrogens with one attached hydrogen (secondary N) is 1. The maximum atomic E-state index is 12.4. The van der Waals surface area contributed by atoms with E-state index in [1.807, 2.05) is 6.92 Å². The number of carbonyl (C=O) groups is 1. The van der Waals surface area contributed by atoms with Crippen LogP contribution in [-0.2, 0) is 14.8 Å². The van der Waals surface area contributed by atoms with E-state index >= 15 is 0 Å². The molecule has 0 unspecified atom stereocenters. The van der Waals surface area contributed by atoms with Gasteiger partial charge in [0.1, 0.15) is 6.54 Å². The third-order valence-electron chi connectivity index (χ3n) is 3.60. The fourth-order valence-electron chi connectivity index (χ4n) is 2.28. The average molecular weight is 401 g/mol. The van der Waals surface area contributed by atoms with Crippen LogP contribution in [0.2, 0.25) is 10.0 Å². The molecule has 0 saturated carbocycles. The molecule has 0 aliphatic heterocycles. The van der Waals surface area contributed by atoms with E-state index in [4.69, 9.17) is 23.2 Å². The number of halogens is 2. The molecule has 134 valence electrons. The molecule has 8 heteroatoms. The van der Waals surface area contributed by atoms with Gasteiger partial charge in [-0.25, -0.2) is 8.42 Å². The molecule has 2 aromatic rings. The number of carbonyl (C=O) groups excluding carboxylic acids is 1. The van der Waals surface area contributed by atoms with Crippen molar-refractivity contribution >= 4 is 50.5 Å². The molecule has 1 amide bonds.